The highest BCUT2D eigenvalue weighted by Crippen LogP contribution is 2.08. The molecular weight excluding hydrogens is 376 g/mol. The predicted octanol–water partition coefficient (Wildman–Crippen LogP) is -0.507. The van der Waals surface area contributed by atoms with Crippen molar-refractivity contribution < 1.29 is 23.9 Å². The van der Waals surface area contributed by atoms with E-state index >= 15 is 0 Å². The fourth-order valence-electron chi connectivity index (χ4n) is 2.66. The summed E-state index contributed by atoms with van der Waals surface area (Å²) < 4.78 is 4.77. The molecule has 2 atom stereocenters. The molecule has 0 bridgehead atoms. The van der Waals surface area contributed by atoms with Gasteiger partial charge in [0.05, 0.1) is 20.2 Å². The number of carbonyl (C=O) groups excluding carboxylic acids is 4. The van der Waals surface area contributed by atoms with Crippen LogP contribution in [0.25, 0.3) is 0 Å². The second-order valence-electron chi connectivity index (χ2n) is 7.00. The Labute approximate surface area is 170 Å². The molecule has 0 saturated carbocycles. The summed E-state index contributed by atoms with van der Waals surface area (Å²) in [7, 11) is 1.26. The second-order valence-corrected chi connectivity index (χ2v) is 7.00. The Balaban J connectivity index is 2.89. The van der Waals surface area contributed by atoms with Crippen molar-refractivity contribution in [1.29, 1.82) is 0 Å². The van der Waals surface area contributed by atoms with Crippen LogP contribution < -0.4 is 21.7 Å². The number of rotatable bonds is 11. The predicted molar refractivity (Wildman–Crippen MR) is 108 cm³/mol. The van der Waals surface area contributed by atoms with Crippen molar-refractivity contribution in [2.75, 3.05) is 20.2 Å². The first-order valence-electron chi connectivity index (χ1n) is 9.45. The molecule has 2 unspecified atom stereocenters. The summed E-state index contributed by atoms with van der Waals surface area (Å²) in [4.78, 5) is 48.3. The first-order valence-corrected chi connectivity index (χ1v) is 9.45. The van der Waals surface area contributed by atoms with Crippen LogP contribution in [0.3, 0.4) is 0 Å². The molecule has 1 aromatic carbocycles. The first kappa shape index (κ1) is 24.1. The summed E-state index contributed by atoms with van der Waals surface area (Å²) in [5, 5.41) is 7.62. The van der Waals surface area contributed by atoms with Crippen LogP contribution >= 0.6 is 0 Å². The molecule has 9 heteroatoms. The van der Waals surface area contributed by atoms with E-state index in [-0.39, 0.29) is 25.4 Å². The number of carbonyl (C=O) groups is 4. The van der Waals surface area contributed by atoms with Gasteiger partial charge in [-0.1, -0.05) is 44.2 Å². The maximum Gasteiger partial charge on any atom is 0.328 e. The smallest absolute Gasteiger partial charge is 0.328 e. The van der Waals surface area contributed by atoms with E-state index in [1.165, 1.54) is 7.11 Å². The van der Waals surface area contributed by atoms with Crippen molar-refractivity contribution in [2.45, 2.75) is 38.8 Å². The Morgan fingerprint density at radius 3 is 2.21 bits per heavy atom. The first-order chi connectivity index (χ1) is 13.8. The normalized spacial score (nSPS) is 12.6. The number of hydrogen-bond donors (Lipinski definition) is 4. The van der Waals surface area contributed by atoms with Gasteiger partial charge in [-0.25, -0.2) is 4.79 Å². The van der Waals surface area contributed by atoms with Gasteiger partial charge in [-0.15, -0.1) is 0 Å². The van der Waals surface area contributed by atoms with Gasteiger partial charge in [-0.2, -0.15) is 0 Å². The highest BCUT2D eigenvalue weighted by Gasteiger charge is 2.28. The lowest BCUT2D eigenvalue weighted by atomic mass is 10.0. The minimum Gasteiger partial charge on any atom is -0.467 e. The topological polar surface area (TPSA) is 140 Å². The van der Waals surface area contributed by atoms with Crippen LogP contribution in [0.15, 0.2) is 30.3 Å². The summed E-state index contributed by atoms with van der Waals surface area (Å²) in [6, 6.07) is 7.39. The molecular formula is C20H30N4O5. The molecule has 0 fully saturated rings. The van der Waals surface area contributed by atoms with Crippen LogP contribution in [-0.4, -0.2) is 56.0 Å². The molecule has 5 N–H and O–H groups in total. The quantitative estimate of drug-likeness (QED) is 0.365. The maximum absolute atomic E-state index is 12.8. The number of amides is 3. The van der Waals surface area contributed by atoms with Crippen molar-refractivity contribution in [3.63, 3.8) is 0 Å². The number of esters is 1. The van der Waals surface area contributed by atoms with Gasteiger partial charge in [0.15, 0.2) is 0 Å². The van der Waals surface area contributed by atoms with Crippen molar-refractivity contribution in [1.82, 2.24) is 16.0 Å². The fraction of sp³-hybridized carbons (Fsp3) is 0.500. The number of ether oxygens (including phenoxy) is 1. The van der Waals surface area contributed by atoms with E-state index in [2.05, 4.69) is 16.0 Å². The highest BCUT2D eigenvalue weighted by molar-refractivity contribution is 5.92. The van der Waals surface area contributed by atoms with E-state index in [4.69, 9.17) is 10.5 Å². The van der Waals surface area contributed by atoms with Gasteiger partial charge in [-0.3, -0.25) is 14.4 Å². The monoisotopic (exact) mass is 406 g/mol. The minimum atomic E-state index is -0.931. The Morgan fingerprint density at radius 2 is 1.66 bits per heavy atom. The average Bonchev–Trinajstić information content (AvgIpc) is 2.70. The zero-order valence-corrected chi connectivity index (χ0v) is 17.1. The number of benzene rings is 1. The Kier molecular flexibility index (Phi) is 10.4. The van der Waals surface area contributed by atoms with E-state index in [0.29, 0.717) is 6.42 Å². The van der Waals surface area contributed by atoms with Gasteiger partial charge in [0.2, 0.25) is 17.7 Å². The van der Waals surface area contributed by atoms with Crippen LogP contribution in [0.2, 0.25) is 0 Å². The minimum absolute atomic E-state index is 0.146. The summed E-state index contributed by atoms with van der Waals surface area (Å²) >= 11 is 0. The lowest BCUT2D eigenvalue weighted by molar-refractivity contribution is -0.145. The summed E-state index contributed by atoms with van der Waals surface area (Å²) in [5.41, 5.74) is 6.03. The van der Waals surface area contributed by atoms with Gasteiger partial charge >= 0.3 is 5.97 Å². The number of nitrogens with two attached hydrogens (primary N) is 1. The third-order valence-corrected chi connectivity index (χ3v) is 4.08. The summed E-state index contributed by atoms with van der Waals surface area (Å²) in [6.45, 7) is 3.30. The van der Waals surface area contributed by atoms with Gasteiger partial charge < -0.3 is 26.4 Å². The van der Waals surface area contributed by atoms with Crippen molar-refractivity contribution >= 4 is 23.7 Å². The molecule has 9 nitrogen and oxygen atoms in total. The van der Waals surface area contributed by atoms with Gasteiger partial charge in [0, 0.05) is 6.42 Å². The zero-order chi connectivity index (χ0) is 21.8. The molecule has 1 rings (SSSR count). The number of nitrogens with one attached hydrogen (secondary N) is 3. The molecule has 0 aliphatic heterocycles. The third kappa shape index (κ3) is 9.20. The lowest BCUT2D eigenvalue weighted by Crippen LogP contribution is -2.54. The maximum atomic E-state index is 12.8. The molecule has 1 aromatic rings. The molecule has 0 aliphatic rings. The standard InChI is InChI=1S/C20H30N4O5/c1-13(2)9-16(20(28)29-3)24-19(27)15(10-14-7-5-4-6-8-14)23-18(26)12-22-17(25)11-21/h4-8,13,15-16H,9-12,21H2,1-3H3,(H,22,25)(H,23,26)(H,24,27). The Hall–Kier alpha value is -2.94. The molecule has 160 valence electrons. The number of methoxy groups -OCH3 is 1. The van der Waals surface area contributed by atoms with Crippen LogP contribution in [0.1, 0.15) is 25.8 Å². The lowest BCUT2D eigenvalue weighted by Gasteiger charge is -2.23. The third-order valence-electron chi connectivity index (χ3n) is 4.08. The zero-order valence-electron chi connectivity index (χ0n) is 17.1. The van der Waals surface area contributed by atoms with Crippen LogP contribution in [0, 0.1) is 5.92 Å². The fourth-order valence-corrected chi connectivity index (χ4v) is 2.66. The van der Waals surface area contributed by atoms with Crippen LogP contribution in [0.5, 0.6) is 0 Å². The summed E-state index contributed by atoms with van der Waals surface area (Å²) in [5.74, 6) is -1.93. The van der Waals surface area contributed by atoms with Crippen LogP contribution in [0.4, 0.5) is 0 Å². The Bertz CT molecular complexity index is 693. The molecule has 0 heterocycles. The molecule has 0 spiro atoms. The molecule has 0 aromatic heterocycles. The van der Waals surface area contributed by atoms with Gasteiger partial charge in [-0.05, 0) is 17.9 Å². The molecule has 29 heavy (non-hydrogen) atoms. The molecule has 0 radical (unpaired) electrons. The summed E-state index contributed by atoms with van der Waals surface area (Å²) in [6.07, 6.45) is 0.621. The second kappa shape index (κ2) is 12.5. The molecule has 0 saturated heterocycles. The van der Waals surface area contributed by atoms with Crippen molar-refractivity contribution in [3.8, 4) is 0 Å². The number of hydrogen-bond acceptors (Lipinski definition) is 6. The van der Waals surface area contributed by atoms with Crippen molar-refractivity contribution in [2.24, 2.45) is 11.7 Å². The van der Waals surface area contributed by atoms with Gasteiger partial charge in [0.1, 0.15) is 12.1 Å². The van der Waals surface area contributed by atoms with E-state index < -0.39 is 35.8 Å². The molecule has 0 aliphatic carbocycles. The van der Waals surface area contributed by atoms with Gasteiger partial charge in [0.25, 0.3) is 0 Å². The Morgan fingerprint density at radius 1 is 1.00 bits per heavy atom. The van der Waals surface area contributed by atoms with E-state index in [1.54, 1.807) is 0 Å². The van der Waals surface area contributed by atoms with E-state index in [9.17, 15) is 19.2 Å². The van der Waals surface area contributed by atoms with Crippen molar-refractivity contribution in [3.05, 3.63) is 35.9 Å². The SMILES string of the molecule is COC(=O)C(CC(C)C)NC(=O)C(Cc1ccccc1)NC(=O)CNC(=O)CN. The highest BCUT2D eigenvalue weighted by atomic mass is 16.5. The van der Waals surface area contributed by atoms with E-state index in [0.717, 1.165) is 5.56 Å². The van der Waals surface area contributed by atoms with Crippen LogP contribution in [-0.2, 0) is 30.3 Å². The van der Waals surface area contributed by atoms with E-state index in [1.807, 2.05) is 44.2 Å². The molecule has 3 amide bonds. The largest absolute Gasteiger partial charge is 0.467 e. The average molecular weight is 406 g/mol.